The number of imidazole rings is 1. The van der Waals surface area contributed by atoms with Crippen LogP contribution in [0.5, 0.6) is 5.75 Å². The summed E-state index contributed by atoms with van der Waals surface area (Å²) in [6.45, 7) is 2.29. The highest BCUT2D eigenvalue weighted by Crippen LogP contribution is 2.31. The van der Waals surface area contributed by atoms with Gasteiger partial charge in [0.2, 0.25) is 0 Å². The van der Waals surface area contributed by atoms with E-state index in [0.717, 1.165) is 55.6 Å². The Hall–Kier alpha value is -3.02. The van der Waals surface area contributed by atoms with Crippen molar-refractivity contribution in [1.29, 1.82) is 0 Å². The van der Waals surface area contributed by atoms with Gasteiger partial charge in [-0.2, -0.15) is 0 Å². The number of benzene rings is 2. The lowest BCUT2D eigenvalue weighted by Crippen LogP contribution is -2.42. The van der Waals surface area contributed by atoms with Gasteiger partial charge in [-0.3, -0.25) is 0 Å². The number of hydrogen-bond acceptors (Lipinski definition) is 3. The van der Waals surface area contributed by atoms with E-state index in [1.807, 2.05) is 41.6 Å². The fraction of sp³-hybridized carbons (Fsp3) is 0.417. The van der Waals surface area contributed by atoms with Crippen LogP contribution in [0.4, 0.5) is 4.79 Å². The van der Waals surface area contributed by atoms with Gasteiger partial charge in [0.15, 0.2) is 0 Å². The molecule has 1 unspecified atom stereocenters. The average molecular weight is 407 g/mol. The molecule has 0 bridgehead atoms. The van der Waals surface area contributed by atoms with E-state index in [1.54, 1.807) is 7.11 Å². The minimum absolute atomic E-state index is 0.0354. The van der Waals surface area contributed by atoms with Gasteiger partial charge >= 0.3 is 6.03 Å². The highest BCUT2D eigenvalue weighted by atomic mass is 16.5. The lowest BCUT2D eigenvalue weighted by molar-refractivity contribution is 0.175. The molecule has 1 aliphatic heterocycles. The Balaban J connectivity index is 1.35. The van der Waals surface area contributed by atoms with Gasteiger partial charge in [-0.05, 0) is 49.1 Å². The number of aromatic nitrogens is 2. The second-order valence-electron chi connectivity index (χ2n) is 7.84. The summed E-state index contributed by atoms with van der Waals surface area (Å²) in [6.07, 6.45) is 7.12. The molecule has 0 radical (unpaired) electrons. The monoisotopic (exact) mass is 406 g/mol. The molecule has 1 aliphatic rings. The number of methoxy groups -OCH3 is 1. The number of para-hydroxylation sites is 2. The van der Waals surface area contributed by atoms with Gasteiger partial charge in [0.05, 0.1) is 30.5 Å². The van der Waals surface area contributed by atoms with E-state index in [0.29, 0.717) is 6.54 Å². The molecular weight excluding hydrogens is 376 g/mol. The molecule has 2 aromatic carbocycles. The van der Waals surface area contributed by atoms with Gasteiger partial charge in [-0.15, -0.1) is 0 Å². The van der Waals surface area contributed by atoms with Crippen LogP contribution in [0.2, 0.25) is 0 Å². The van der Waals surface area contributed by atoms with Crippen molar-refractivity contribution in [3.8, 4) is 5.75 Å². The first-order chi connectivity index (χ1) is 14.8. The molecular formula is C24H30N4O2. The van der Waals surface area contributed by atoms with E-state index in [2.05, 4.69) is 33.1 Å². The Bertz CT molecular complexity index is 967. The molecule has 1 N–H and O–H groups in total. The Morgan fingerprint density at radius 1 is 1.13 bits per heavy atom. The number of nitrogens with zero attached hydrogens (tertiary/aromatic N) is 3. The molecule has 6 nitrogen and oxygen atoms in total. The third-order valence-electron chi connectivity index (χ3n) is 5.89. The number of carbonyl (C=O) groups is 1. The summed E-state index contributed by atoms with van der Waals surface area (Å²) in [6, 6.07) is 16.4. The zero-order chi connectivity index (χ0) is 20.8. The van der Waals surface area contributed by atoms with Crippen LogP contribution in [0.1, 0.15) is 43.7 Å². The number of aryl methyl sites for hydroxylation is 1. The number of ether oxygens (including phenoxy) is 1. The van der Waals surface area contributed by atoms with Gasteiger partial charge in [0.1, 0.15) is 5.75 Å². The first-order valence-electron chi connectivity index (χ1n) is 10.8. The number of carbonyl (C=O) groups excluding carboxylic acids is 1. The lowest BCUT2D eigenvalue weighted by atomic mass is 10.0. The minimum Gasteiger partial charge on any atom is -0.497 e. The Labute approximate surface area is 177 Å². The molecule has 1 saturated heterocycles. The number of rotatable bonds is 6. The van der Waals surface area contributed by atoms with E-state index in [-0.39, 0.29) is 12.1 Å². The summed E-state index contributed by atoms with van der Waals surface area (Å²) in [5.41, 5.74) is 3.32. The van der Waals surface area contributed by atoms with Crippen molar-refractivity contribution in [2.45, 2.75) is 44.7 Å². The summed E-state index contributed by atoms with van der Waals surface area (Å²) in [7, 11) is 1.67. The molecule has 3 aromatic rings. The zero-order valence-corrected chi connectivity index (χ0v) is 17.6. The topological polar surface area (TPSA) is 59.4 Å². The quantitative estimate of drug-likeness (QED) is 0.600. The molecule has 1 atom stereocenters. The summed E-state index contributed by atoms with van der Waals surface area (Å²) in [4.78, 5) is 19.4. The molecule has 4 rings (SSSR count). The van der Waals surface area contributed by atoms with Crippen molar-refractivity contribution >= 4 is 17.1 Å². The van der Waals surface area contributed by atoms with Crippen LogP contribution in [0.15, 0.2) is 54.9 Å². The normalized spacial score (nSPS) is 17.0. The summed E-state index contributed by atoms with van der Waals surface area (Å²) >= 11 is 0. The number of fused-ring (bicyclic) bond motifs is 1. The van der Waals surface area contributed by atoms with Crippen molar-refractivity contribution in [3.63, 3.8) is 0 Å². The standard InChI is InChI=1S/C24H30N4O2/c1-30-20-13-11-19(12-14-20)22-9-3-2-6-17-28(22)24(29)25-15-7-16-27-18-26-21-8-4-5-10-23(21)27/h4-5,8,10-14,18,22H,2-3,6-7,9,15-17H2,1H3,(H,25,29). The fourth-order valence-corrected chi connectivity index (χ4v) is 4.26. The Kier molecular flexibility index (Phi) is 6.52. The first-order valence-corrected chi connectivity index (χ1v) is 10.8. The van der Waals surface area contributed by atoms with E-state index in [9.17, 15) is 4.79 Å². The van der Waals surface area contributed by atoms with Gasteiger partial charge in [-0.1, -0.05) is 37.1 Å². The molecule has 158 valence electrons. The van der Waals surface area contributed by atoms with E-state index in [1.165, 1.54) is 12.0 Å². The van der Waals surface area contributed by atoms with Crippen LogP contribution >= 0.6 is 0 Å². The molecule has 1 fully saturated rings. The third-order valence-corrected chi connectivity index (χ3v) is 5.89. The highest BCUT2D eigenvalue weighted by Gasteiger charge is 2.26. The van der Waals surface area contributed by atoms with Crippen molar-refractivity contribution in [2.75, 3.05) is 20.2 Å². The second kappa shape index (κ2) is 9.65. The predicted octanol–water partition coefficient (Wildman–Crippen LogP) is 4.76. The number of nitrogens with one attached hydrogen (secondary N) is 1. The number of hydrogen-bond donors (Lipinski definition) is 1. The summed E-state index contributed by atoms with van der Waals surface area (Å²) in [5, 5.41) is 3.14. The second-order valence-corrected chi connectivity index (χ2v) is 7.84. The smallest absolute Gasteiger partial charge is 0.317 e. The van der Waals surface area contributed by atoms with Crippen molar-refractivity contribution < 1.29 is 9.53 Å². The number of amides is 2. The van der Waals surface area contributed by atoms with Crippen LogP contribution in [-0.2, 0) is 6.54 Å². The lowest BCUT2D eigenvalue weighted by Gasteiger charge is -2.30. The van der Waals surface area contributed by atoms with Crippen LogP contribution < -0.4 is 10.1 Å². The maximum Gasteiger partial charge on any atom is 0.317 e. The Morgan fingerprint density at radius 3 is 2.80 bits per heavy atom. The molecule has 2 heterocycles. The van der Waals surface area contributed by atoms with Crippen molar-refractivity contribution in [3.05, 3.63) is 60.4 Å². The number of likely N-dealkylation sites (tertiary alicyclic amines) is 1. The highest BCUT2D eigenvalue weighted by molar-refractivity contribution is 5.75. The summed E-state index contributed by atoms with van der Waals surface area (Å²) < 4.78 is 7.43. The predicted molar refractivity (Wildman–Crippen MR) is 119 cm³/mol. The van der Waals surface area contributed by atoms with Crippen LogP contribution in [-0.4, -0.2) is 40.7 Å². The molecule has 6 heteroatoms. The maximum atomic E-state index is 13.0. The number of urea groups is 1. The first kappa shape index (κ1) is 20.3. The molecule has 1 aromatic heterocycles. The van der Waals surface area contributed by atoms with Gasteiger partial charge in [0.25, 0.3) is 0 Å². The van der Waals surface area contributed by atoms with Gasteiger partial charge in [-0.25, -0.2) is 9.78 Å². The molecule has 0 aliphatic carbocycles. The van der Waals surface area contributed by atoms with E-state index >= 15 is 0 Å². The van der Waals surface area contributed by atoms with Crippen molar-refractivity contribution in [2.24, 2.45) is 0 Å². The van der Waals surface area contributed by atoms with Gasteiger partial charge < -0.3 is 19.5 Å². The van der Waals surface area contributed by atoms with Crippen LogP contribution in [0.3, 0.4) is 0 Å². The minimum atomic E-state index is 0.0354. The zero-order valence-electron chi connectivity index (χ0n) is 17.6. The summed E-state index contributed by atoms with van der Waals surface area (Å²) in [5.74, 6) is 0.843. The SMILES string of the molecule is COc1ccc(C2CCCCCN2C(=O)NCCCn2cnc3ccccc32)cc1. The molecule has 0 saturated carbocycles. The van der Waals surface area contributed by atoms with Crippen LogP contribution in [0.25, 0.3) is 11.0 Å². The largest absolute Gasteiger partial charge is 0.497 e. The molecule has 0 spiro atoms. The van der Waals surface area contributed by atoms with E-state index in [4.69, 9.17) is 4.74 Å². The third kappa shape index (κ3) is 4.58. The van der Waals surface area contributed by atoms with Crippen molar-refractivity contribution in [1.82, 2.24) is 19.8 Å². The van der Waals surface area contributed by atoms with E-state index < -0.39 is 0 Å². The maximum absolute atomic E-state index is 13.0. The average Bonchev–Trinajstić information content (AvgIpc) is 3.03. The van der Waals surface area contributed by atoms with Gasteiger partial charge in [0, 0.05) is 19.6 Å². The fourth-order valence-electron chi connectivity index (χ4n) is 4.26. The van der Waals surface area contributed by atoms with Crippen LogP contribution in [0, 0.1) is 0 Å². The Morgan fingerprint density at radius 2 is 1.97 bits per heavy atom. The molecule has 2 amide bonds. The molecule has 30 heavy (non-hydrogen) atoms.